The van der Waals surface area contributed by atoms with E-state index in [4.69, 9.17) is 0 Å². The highest BCUT2D eigenvalue weighted by molar-refractivity contribution is 4.86. The highest BCUT2D eigenvalue weighted by Gasteiger charge is 2.36. The quantitative estimate of drug-likeness (QED) is 0.564. The molecule has 0 aromatic heterocycles. The van der Waals surface area contributed by atoms with Crippen LogP contribution in [0.3, 0.4) is 0 Å². The summed E-state index contributed by atoms with van der Waals surface area (Å²) in [7, 11) is 0. The maximum Gasteiger partial charge on any atom is -0.0257 e. The van der Waals surface area contributed by atoms with E-state index in [9.17, 15) is 0 Å². The van der Waals surface area contributed by atoms with Crippen LogP contribution in [0.2, 0.25) is 0 Å². The minimum absolute atomic E-state index is 0.464. The lowest BCUT2D eigenvalue weighted by atomic mass is 9.62. The van der Waals surface area contributed by atoms with E-state index in [2.05, 4.69) is 54.4 Å². The molecule has 0 unspecified atom stereocenters. The molecule has 0 aromatic carbocycles. The van der Waals surface area contributed by atoms with Gasteiger partial charge in [-0.15, -0.1) is 12.8 Å². The summed E-state index contributed by atoms with van der Waals surface area (Å²) in [5.41, 5.74) is 1.03. The fourth-order valence-corrected chi connectivity index (χ4v) is 2.34. The topological polar surface area (TPSA) is 0 Å². The summed E-state index contributed by atoms with van der Waals surface area (Å²) in [6.45, 7) is 14.0. The first-order chi connectivity index (χ1) is 5.93. The number of terminal acetylenes is 1. The molecule has 0 rings (SSSR count). The van der Waals surface area contributed by atoms with Gasteiger partial charge in [0.1, 0.15) is 0 Å². The average Bonchev–Trinajstić information content (AvgIpc) is 2.10. The van der Waals surface area contributed by atoms with Crippen LogP contribution in [0.5, 0.6) is 0 Å². The van der Waals surface area contributed by atoms with Crippen LogP contribution in [0.15, 0.2) is 0 Å². The molecular formula is C13H26. The molecule has 0 aliphatic rings. The van der Waals surface area contributed by atoms with Gasteiger partial charge in [-0.25, -0.2) is 0 Å². The standard InChI is InChI=1S/C11H24.C2H2/c1-7-11(8-2,9-3)10(4,5)6;1-2/h7-9H2,1-6H3;1-2H. The van der Waals surface area contributed by atoms with E-state index in [0.717, 1.165) is 0 Å². The zero-order valence-electron chi connectivity index (χ0n) is 10.3. The van der Waals surface area contributed by atoms with Crippen molar-refractivity contribution >= 4 is 0 Å². The van der Waals surface area contributed by atoms with Crippen LogP contribution in [0.1, 0.15) is 60.8 Å². The van der Waals surface area contributed by atoms with Gasteiger partial charge in [-0.2, -0.15) is 0 Å². The molecule has 0 heteroatoms. The van der Waals surface area contributed by atoms with Crippen molar-refractivity contribution in [1.82, 2.24) is 0 Å². The molecule has 0 aromatic rings. The van der Waals surface area contributed by atoms with E-state index in [1.807, 2.05) is 0 Å². The summed E-state index contributed by atoms with van der Waals surface area (Å²) in [6.07, 6.45) is 11.9. The predicted molar refractivity (Wildman–Crippen MR) is 62.7 cm³/mol. The van der Waals surface area contributed by atoms with Crippen LogP contribution < -0.4 is 0 Å². The second-order valence-electron chi connectivity index (χ2n) is 4.59. The Morgan fingerprint density at radius 3 is 1.00 bits per heavy atom. The Balaban J connectivity index is 0. The SMILES string of the molecule is C#C.CCC(CC)(CC)C(C)(C)C. The maximum atomic E-state index is 4.00. The van der Waals surface area contributed by atoms with Crippen LogP contribution in [0, 0.1) is 23.7 Å². The smallest absolute Gasteiger partial charge is 0.0257 e. The molecule has 0 amide bonds. The minimum Gasteiger partial charge on any atom is -0.124 e. The van der Waals surface area contributed by atoms with Gasteiger partial charge in [0.2, 0.25) is 0 Å². The molecule has 0 aliphatic heterocycles. The summed E-state index contributed by atoms with van der Waals surface area (Å²) in [5, 5.41) is 0. The van der Waals surface area contributed by atoms with Gasteiger partial charge in [0.25, 0.3) is 0 Å². The van der Waals surface area contributed by atoms with Gasteiger partial charge in [-0.3, -0.25) is 0 Å². The number of hydrogen-bond acceptors (Lipinski definition) is 0. The lowest BCUT2D eigenvalue weighted by Gasteiger charge is -2.43. The van der Waals surface area contributed by atoms with Crippen LogP contribution in [-0.2, 0) is 0 Å². The van der Waals surface area contributed by atoms with Gasteiger partial charge in [-0.1, -0.05) is 41.5 Å². The highest BCUT2D eigenvalue weighted by atomic mass is 14.4. The average molecular weight is 182 g/mol. The summed E-state index contributed by atoms with van der Waals surface area (Å²) in [6, 6.07) is 0. The van der Waals surface area contributed by atoms with E-state index in [1.165, 1.54) is 19.3 Å². The molecule has 0 heterocycles. The lowest BCUT2D eigenvalue weighted by Crippen LogP contribution is -2.33. The summed E-state index contributed by atoms with van der Waals surface area (Å²) < 4.78 is 0. The fourth-order valence-electron chi connectivity index (χ4n) is 2.34. The number of rotatable bonds is 3. The van der Waals surface area contributed by atoms with Crippen molar-refractivity contribution in [3.63, 3.8) is 0 Å². The van der Waals surface area contributed by atoms with E-state index in [0.29, 0.717) is 10.8 Å². The van der Waals surface area contributed by atoms with Crippen molar-refractivity contribution in [1.29, 1.82) is 0 Å². The predicted octanol–water partition coefficient (Wildman–Crippen LogP) is 4.50. The van der Waals surface area contributed by atoms with Gasteiger partial charge in [-0.05, 0) is 30.1 Å². The Bertz CT molecular complexity index is 122. The van der Waals surface area contributed by atoms with E-state index >= 15 is 0 Å². The van der Waals surface area contributed by atoms with Gasteiger partial charge in [0, 0.05) is 0 Å². The van der Waals surface area contributed by atoms with Crippen LogP contribution >= 0.6 is 0 Å². The van der Waals surface area contributed by atoms with Gasteiger partial charge < -0.3 is 0 Å². The summed E-state index contributed by atoms with van der Waals surface area (Å²) >= 11 is 0. The largest absolute Gasteiger partial charge is 0.124 e. The molecule has 78 valence electrons. The van der Waals surface area contributed by atoms with Crippen molar-refractivity contribution in [2.45, 2.75) is 60.8 Å². The van der Waals surface area contributed by atoms with Gasteiger partial charge in [0.15, 0.2) is 0 Å². The maximum absolute atomic E-state index is 4.00. The normalized spacial score (nSPS) is 11.7. The molecule has 0 saturated heterocycles. The second kappa shape index (κ2) is 6.08. The number of hydrogen-bond donors (Lipinski definition) is 0. The molecule has 0 saturated carbocycles. The lowest BCUT2D eigenvalue weighted by molar-refractivity contribution is 0.0696. The fraction of sp³-hybridized carbons (Fsp3) is 0.846. The molecule has 0 fully saturated rings. The van der Waals surface area contributed by atoms with Gasteiger partial charge >= 0.3 is 0 Å². The molecule has 0 bridgehead atoms. The zero-order valence-corrected chi connectivity index (χ0v) is 10.3. The first-order valence-electron chi connectivity index (χ1n) is 5.27. The minimum atomic E-state index is 0.464. The molecule has 0 nitrogen and oxygen atoms in total. The third-order valence-electron chi connectivity index (χ3n) is 3.62. The van der Waals surface area contributed by atoms with Crippen LogP contribution in [0.25, 0.3) is 0 Å². The van der Waals surface area contributed by atoms with Crippen LogP contribution in [-0.4, -0.2) is 0 Å². The molecule has 0 spiro atoms. The summed E-state index contributed by atoms with van der Waals surface area (Å²) in [5.74, 6) is 0. The molecule has 13 heavy (non-hydrogen) atoms. The molecule has 0 N–H and O–H groups in total. The van der Waals surface area contributed by atoms with Crippen molar-refractivity contribution in [3.05, 3.63) is 0 Å². The van der Waals surface area contributed by atoms with Crippen molar-refractivity contribution in [2.75, 3.05) is 0 Å². The Morgan fingerprint density at radius 1 is 0.769 bits per heavy atom. The molecule has 0 radical (unpaired) electrons. The molecular weight excluding hydrogens is 156 g/mol. The van der Waals surface area contributed by atoms with E-state index < -0.39 is 0 Å². The Hall–Kier alpha value is -0.440. The zero-order chi connectivity index (χ0) is 11.1. The van der Waals surface area contributed by atoms with E-state index in [1.54, 1.807) is 0 Å². The van der Waals surface area contributed by atoms with Crippen molar-refractivity contribution < 1.29 is 0 Å². The summed E-state index contributed by atoms with van der Waals surface area (Å²) in [4.78, 5) is 0. The molecule has 0 atom stereocenters. The van der Waals surface area contributed by atoms with Crippen LogP contribution in [0.4, 0.5) is 0 Å². The van der Waals surface area contributed by atoms with Crippen molar-refractivity contribution in [3.8, 4) is 12.8 Å². The first kappa shape index (κ1) is 15.1. The molecule has 0 aliphatic carbocycles. The van der Waals surface area contributed by atoms with Gasteiger partial charge in [0.05, 0.1) is 0 Å². The third kappa shape index (κ3) is 3.43. The first-order valence-corrected chi connectivity index (χ1v) is 5.27. The highest BCUT2D eigenvalue weighted by Crippen LogP contribution is 2.46. The Morgan fingerprint density at radius 2 is 1.00 bits per heavy atom. The monoisotopic (exact) mass is 182 g/mol. The Kier molecular flexibility index (Phi) is 7.04. The van der Waals surface area contributed by atoms with E-state index in [-0.39, 0.29) is 0 Å². The van der Waals surface area contributed by atoms with Crippen molar-refractivity contribution in [2.24, 2.45) is 10.8 Å². The second-order valence-corrected chi connectivity index (χ2v) is 4.59. The Labute approximate surface area is 85.1 Å². The third-order valence-corrected chi connectivity index (χ3v) is 3.62.